The number of hydrogen-bond donors (Lipinski definition) is 0. The van der Waals surface area contributed by atoms with Gasteiger partial charge in [-0.2, -0.15) is 0 Å². The largest absolute Gasteiger partial charge is 0.148 e. The lowest BCUT2D eigenvalue weighted by Gasteiger charge is -2.08. The third-order valence-electron chi connectivity index (χ3n) is 2.97. The molecule has 0 saturated heterocycles. The molecule has 2 aliphatic rings. The monoisotopic (exact) mass is 150 g/mol. The highest BCUT2D eigenvalue weighted by atomic mass is 32.1. The average Bonchev–Trinajstić information content (AvgIpc) is 2.60. The van der Waals surface area contributed by atoms with Crippen LogP contribution in [0.1, 0.15) is 41.5 Å². The lowest BCUT2D eigenvalue weighted by atomic mass is 9.99. The maximum absolute atomic E-state index is 2.34. The molecule has 0 amide bonds. The molecule has 0 radical (unpaired) electrons. The Morgan fingerprint density at radius 3 is 3.10 bits per heavy atom. The molecule has 52 valence electrons. The Labute approximate surface area is 64.9 Å². The molecule has 0 aliphatic heterocycles. The van der Waals surface area contributed by atoms with Crippen LogP contribution in [-0.2, 0) is 0 Å². The minimum Gasteiger partial charge on any atom is -0.148 e. The van der Waals surface area contributed by atoms with Crippen molar-refractivity contribution in [3.05, 3.63) is 21.9 Å². The molecule has 2 atom stereocenters. The molecule has 1 aromatic heterocycles. The smallest absolute Gasteiger partial charge is 0.0111 e. The van der Waals surface area contributed by atoms with Crippen LogP contribution < -0.4 is 0 Å². The fourth-order valence-electron chi connectivity index (χ4n) is 2.50. The van der Waals surface area contributed by atoms with Gasteiger partial charge in [0.2, 0.25) is 0 Å². The highest BCUT2D eigenvalue weighted by Gasteiger charge is 2.37. The van der Waals surface area contributed by atoms with Crippen molar-refractivity contribution in [1.82, 2.24) is 0 Å². The third-order valence-corrected chi connectivity index (χ3v) is 4.07. The van der Waals surface area contributed by atoms with Gasteiger partial charge in [-0.05, 0) is 48.1 Å². The summed E-state index contributed by atoms with van der Waals surface area (Å²) in [6, 6.07) is 2.34. The Morgan fingerprint density at radius 2 is 2.20 bits per heavy atom. The van der Waals surface area contributed by atoms with Gasteiger partial charge in [-0.1, -0.05) is 0 Å². The van der Waals surface area contributed by atoms with E-state index in [1.807, 2.05) is 11.3 Å². The fraction of sp³-hybridized carbons (Fsp3) is 0.556. The lowest BCUT2D eigenvalue weighted by Crippen LogP contribution is -1.91. The fourth-order valence-corrected chi connectivity index (χ4v) is 3.64. The number of hydrogen-bond acceptors (Lipinski definition) is 1. The molecule has 0 spiro atoms. The number of fused-ring (bicyclic) bond motifs is 5. The average molecular weight is 150 g/mol. The van der Waals surface area contributed by atoms with Gasteiger partial charge < -0.3 is 0 Å². The van der Waals surface area contributed by atoms with Crippen molar-refractivity contribution in [2.45, 2.75) is 31.1 Å². The van der Waals surface area contributed by atoms with Crippen molar-refractivity contribution in [3.8, 4) is 0 Å². The number of thiophene rings is 1. The Morgan fingerprint density at radius 1 is 1.30 bits per heavy atom. The summed E-state index contributed by atoms with van der Waals surface area (Å²) < 4.78 is 0. The van der Waals surface area contributed by atoms with Crippen LogP contribution in [0.4, 0.5) is 0 Å². The highest BCUT2D eigenvalue weighted by Crippen LogP contribution is 2.54. The molecule has 1 saturated carbocycles. The normalized spacial score (nSPS) is 34.8. The first-order valence-electron chi connectivity index (χ1n) is 4.02. The van der Waals surface area contributed by atoms with E-state index in [2.05, 4.69) is 11.4 Å². The van der Waals surface area contributed by atoms with Crippen LogP contribution in [0.5, 0.6) is 0 Å². The zero-order valence-corrected chi connectivity index (χ0v) is 6.66. The van der Waals surface area contributed by atoms with E-state index in [-0.39, 0.29) is 0 Å². The maximum Gasteiger partial charge on any atom is 0.0111 e. The van der Waals surface area contributed by atoms with Crippen molar-refractivity contribution < 1.29 is 0 Å². The summed E-state index contributed by atoms with van der Waals surface area (Å²) in [7, 11) is 0. The van der Waals surface area contributed by atoms with Crippen LogP contribution in [0.2, 0.25) is 0 Å². The van der Waals surface area contributed by atoms with Gasteiger partial charge in [0.1, 0.15) is 0 Å². The summed E-state index contributed by atoms with van der Waals surface area (Å²) in [6.45, 7) is 0. The van der Waals surface area contributed by atoms with Gasteiger partial charge in [-0.15, -0.1) is 11.3 Å². The minimum absolute atomic E-state index is 0.964. The van der Waals surface area contributed by atoms with Gasteiger partial charge in [0.15, 0.2) is 0 Å². The van der Waals surface area contributed by atoms with Crippen molar-refractivity contribution in [3.63, 3.8) is 0 Å². The van der Waals surface area contributed by atoms with Gasteiger partial charge in [0.25, 0.3) is 0 Å². The van der Waals surface area contributed by atoms with Crippen molar-refractivity contribution in [2.75, 3.05) is 0 Å². The van der Waals surface area contributed by atoms with E-state index >= 15 is 0 Å². The molecule has 0 nitrogen and oxygen atoms in total. The van der Waals surface area contributed by atoms with Gasteiger partial charge >= 0.3 is 0 Å². The van der Waals surface area contributed by atoms with Crippen LogP contribution in [0.15, 0.2) is 11.4 Å². The van der Waals surface area contributed by atoms with Crippen molar-refractivity contribution >= 4 is 11.3 Å². The first-order chi connectivity index (χ1) is 4.95. The van der Waals surface area contributed by atoms with Gasteiger partial charge in [0.05, 0.1) is 0 Å². The second-order valence-electron chi connectivity index (χ2n) is 3.45. The molecule has 2 bridgehead atoms. The summed E-state index contributed by atoms with van der Waals surface area (Å²) in [5.41, 5.74) is 1.70. The van der Waals surface area contributed by atoms with Crippen LogP contribution in [0, 0.1) is 0 Å². The molecule has 1 fully saturated rings. The maximum atomic E-state index is 2.34. The van der Waals surface area contributed by atoms with Gasteiger partial charge in [-0.3, -0.25) is 0 Å². The minimum atomic E-state index is 0.964. The van der Waals surface area contributed by atoms with Crippen molar-refractivity contribution in [1.29, 1.82) is 0 Å². The van der Waals surface area contributed by atoms with Gasteiger partial charge in [-0.25, -0.2) is 0 Å². The SMILES string of the molecule is c1cc2c(s1)[C@H]1CC[C@@H]2C1. The molecule has 1 aromatic rings. The molecule has 0 N–H and O–H groups in total. The highest BCUT2D eigenvalue weighted by molar-refractivity contribution is 7.10. The topological polar surface area (TPSA) is 0 Å². The molecule has 0 unspecified atom stereocenters. The summed E-state index contributed by atoms with van der Waals surface area (Å²) in [5, 5.41) is 2.26. The zero-order valence-electron chi connectivity index (χ0n) is 5.84. The van der Waals surface area contributed by atoms with E-state index in [0.717, 1.165) is 11.8 Å². The lowest BCUT2D eigenvalue weighted by molar-refractivity contribution is 0.728. The Hall–Kier alpha value is -0.300. The summed E-state index contributed by atoms with van der Waals surface area (Å²) >= 11 is 1.98. The molecule has 1 heterocycles. The predicted molar refractivity (Wildman–Crippen MR) is 43.7 cm³/mol. The second-order valence-corrected chi connectivity index (χ2v) is 4.39. The van der Waals surface area contributed by atoms with E-state index in [1.54, 1.807) is 10.4 Å². The zero-order chi connectivity index (χ0) is 6.55. The second kappa shape index (κ2) is 1.65. The summed E-state index contributed by atoms with van der Waals surface area (Å²) in [6.07, 6.45) is 4.41. The molecule has 0 aromatic carbocycles. The number of rotatable bonds is 0. The van der Waals surface area contributed by atoms with E-state index in [4.69, 9.17) is 0 Å². The van der Waals surface area contributed by atoms with E-state index in [9.17, 15) is 0 Å². The van der Waals surface area contributed by atoms with Crippen LogP contribution in [0.3, 0.4) is 0 Å². The van der Waals surface area contributed by atoms with E-state index in [1.165, 1.54) is 19.3 Å². The summed E-state index contributed by atoms with van der Waals surface area (Å²) in [5.74, 6) is 1.94. The standard InChI is InChI=1S/C9H10S/c1-2-7-5-6(1)8-3-4-10-9(7)8/h3-4,6-7H,1-2,5H2/t6-,7+/m1/s1. The summed E-state index contributed by atoms with van der Waals surface area (Å²) in [4.78, 5) is 1.72. The third kappa shape index (κ3) is 0.485. The molecular formula is C9H10S. The van der Waals surface area contributed by atoms with E-state index < -0.39 is 0 Å². The van der Waals surface area contributed by atoms with Crippen molar-refractivity contribution in [2.24, 2.45) is 0 Å². The Kier molecular flexibility index (Phi) is 0.883. The Balaban J connectivity index is 2.25. The molecule has 1 heteroatoms. The first-order valence-corrected chi connectivity index (χ1v) is 4.90. The molecule has 2 aliphatic carbocycles. The molecule has 3 rings (SSSR count). The molecule has 10 heavy (non-hydrogen) atoms. The first kappa shape index (κ1) is 5.36. The van der Waals surface area contributed by atoms with E-state index in [0.29, 0.717) is 0 Å². The molecular weight excluding hydrogens is 140 g/mol. The quantitative estimate of drug-likeness (QED) is 0.533. The Bertz CT molecular complexity index is 237. The predicted octanol–water partition coefficient (Wildman–Crippen LogP) is 3.11. The van der Waals surface area contributed by atoms with Crippen LogP contribution in [0.25, 0.3) is 0 Å². The van der Waals surface area contributed by atoms with Crippen LogP contribution >= 0.6 is 11.3 Å². The van der Waals surface area contributed by atoms with Gasteiger partial charge in [0, 0.05) is 4.88 Å². The van der Waals surface area contributed by atoms with Crippen LogP contribution in [-0.4, -0.2) is 0 Å².